The summed E-state index contributed by atoms with van der Waals surface area (Å²) in [7, 11) is 0. The third-order valence-electron chi connectivity index (χ3n) is 3.14. The van der Waals surface area contributed by atoms with Crippen LogP contribution >= 0.6 is 0 Å². The molecule has 18 heavy (non-hydrogen) atoms. The summed E-state index contributed by atoms with van der Waals surface area (Å²) in [5, 5.41) is 9.11. The van der Waals surface area contributed by atoms with Gasteiger partial charge in [-0.25, -0.2) is 14.8 Å². The highest BCUT2D eigenvalue weighted by atomic mass is 16.5. The van der Waals surface area contributed by atoms with Crippen LogP contribution in [-0.2, 0) is 4.74 Å². The Morgan fingerprint density at radius 2 is 2.33 bits per heavy atom. The van der Waals surface area contributed by atoms with Gasteiger partial charge in [-0.05, 0) is 18.8 Å². The first-order valence-corrected chi connectivity index (χ1v) is 6.27. The summed E-state index contributed by atoms with van der Waals surface area (Å²) < 4.78 is 5.42. The first-order valence-electron chi connectivity index (χ1n) is 6.27. The van der Waals surface area contributed by atoms with E-state index in [1.165, 1.54) is 6.20 Å². The van der Waals surface area contributed by atoms with Crippen LogP contribution in [0.25, 0.3) is 0 Å². The SMILES string of the molecule is CC(C)c1nc(C2CCCOC2)ncc1C(=O)O. The van der Waals surface area contributed by atoms with Gasteiger partial charge in [-0.3, -0.25) is 0 Å². The Morgan fingerprint density at radius 1 is 1.56 bits per heavy atom. The minimum atomic E-state index is -0.967. The summed E-state index contributed by atoms with van der Waals surface area (Å²) >= 11 is 0. The molecule has 5 heteroatoms. The quantitative estimate of drug-likeness (QED) is 0.890. The predicted octanol–water partition coefficient (Wildman–Crippen LogP) is 2.19. The third-order valence-corrected chi connectivity index (χ3v) is 3.14. The lowest BCUT2D eigenvalue weighted by atomic mass is 9.99. The van der Waals surface area contributed by atoms with E-state index in [0.29, 0.717) is 18.1 Å². The van der Waals surface area contributed by atoms with Crippen molar-refractivity contribution in [3.63, 3.8) is 0 Å². The van der Waals surface area contributed by atoms with E-state index >= 15 is 0 Å². The van der Waals surface area contributed by atoms with Crippen LogP contribution in [0.15, 0.2) is 6.20 Å². The van der Waals surface area contributed by atoms with Gasteiger partial charge in [-0.15, -0.1) is 0 Å². The molecule has 1 unspecified atom stereocenters. The molecule has 0 spiro atoms. The number of carbonyl (C=O) groups is 1. The smallest absolute Gasteiger partial charge is 0.339 e. The van der Waals surface area contributed by atoms with Crippen molar-refractivity contribution in [3.05, 3.63) is 23.3 Å². The van der Waals surface area contributed by atoms with Gasteiger partial charge in [0.1, 0.15) is 5.82 Å². The average Bonchev–Trinajstić information content (AvgIpc) is 2.39. The molecule has 2 rings (SSSR count). The van der Waals surface area contributed by atoms with E-state index in [9.17, 15) is 4.79 Å². The van der Waals surface area contributed by atoms with Gasteiger partial charge in [0.25, 0.3) is 0 Å². The molecule has 98 valence electrons. The minimum absolute atomic E-state index is 0.0716. The van der Waals surface area contributed by atoms with Crippen LogP contribution in [0.5, 0.6) is 0 Å². The lowest BCUT2D eigenvalue weighted by Gasteiger charge is -2.21. The van der Waals surface area contributed by atoms with Crippen molar-refractivity contribution in [2.24, 2.45) is 0 Å². The second-order valence-corrected chi connectivity index (χ2v) is 4.90. The highest BCUT2D eigenvalue weighted by molar-refractivity contribution is 5.88. The fraction of sp³-hybridized carbons (Fsp3) is 0.615. The van der Waals surface area contributed by atoms with Gasteiger partial charge < -0.3 is 9.84 Å². The second-order valence-electron chi connectivity index (χ2n) is 4.90. The maximum Gasteiger partial charge on any atom is 0.339 e. The van der Waals surface area contributed by atoms with Gasteiger partial charge >= 0.3 is 5.97 Å². The predicted molar refractivity (Wildman–Crippen MR) is 65.9 cm³/mol. The number of carboxylic acid groups (broad SMARTS) is 1. The number of carboxylic acids is 1. The molecule has 0 aromatic carbocycles. The number of aromatic nitrogens is 2. The molecule has 1 atom stereocenters. The van der Waals surface area contributed by atoms with Gasteiger partial charge in [-0.1, -0.05) is 13.8 Å². The molecule has 0 bridgehead atoms. The molecule has 1 aromatic rings. The Kier molecular flexibility index (Phi) is 3.91. The average molecular weight is 250 g/mol. The molecule has 1 aliphatic rings. The topological polar surface area (TPSA) is 72.3 Å². The normalized spacial score (nSPS) is 20.1. The summed E-state index contributed by atoms with van der Waals surface area (Å²) in [5.74, 6) is 0.00926. The van der Waals surface area contributed by atoms with Crippen molar-refractivity contribution in [3.8, 4) is 0 Å². The Morgan fingerprint density at radius 3 is 2.89 bits per heavy atom. The molecule has 0 saturated carbocycles. The van der Waals surface area contributed by atoms with Crippen LogP contribution in [0.4, 0.5) is 0 Å². The Labute approximate surface area is 106 Å². The van der Waals surface area contributed by atoms with Crippen LogP contribution in [0, 0.1) is 0 Å². The molecular weight excluding hydrogens is 232 g/mol. The number of hydrogen-bond donors (Lipinski definition) is 1. The van der Waals surface area contributed by atoms with E-state index in [2.05, 4.69) is 9.97 Å². The van der Waals surface area contributed by atoms with Crippen LogP contribution in [0.1, 0.15) is 60.4 Å². The second kappa shape index (κ2) is 5.44. The van der Waals surface area contributed by atoms with Crippen LogP contribution in [-0.4, -0.2) is 34.3 Å². The Hall–Kier alpha value is -1.49. The van der Waals surface area contributed by atoms with Crippen LogP contribution < -0.4 is 0 Å². The van der Waals surface area contributed by atoms with E-state index < -0.39 is 5.97 Å². The van der Waals surface area contributed by atoms with Crippen LogP contribution in [0.3, 0.4) is 0 Å². The summed E-state index contributed by atoms with van der Waals surface area (Å²) in [6, 6.07) is 0. The van der Waals surface area contributed by atoms with Gasteiger partial charge in [0, 0.05) is 18.7 Å². The zero-order valence-corrected chi connectivity index (χ0v) is 10.7. The fourth-order valence-corrected chi connectivity index (χ4v) is 2.16. The van der Waals surface area contributed by atoms with Crippen molar-refractivity contribution < 1.29 is 14.6 Å². The molecule has 1 N–H and O–H groups in total. The summed E-state index contributed by atoms with van der Waals surface area (Å²) in [6.45, 7) is 5.30. The number of rotatable bonds is 3. The van der Waals surface area contributed by atoms with Gasteiger partial charge in [-0.2, -0.15) is 0 Å². The maximum atomic E-state index is 11.1. The molecule has 1 fully saturated rings. The zero-order chi connectivity index (χ0) is 13.1. The van der Waals surface area contributed by atoms with Crippen molar-refractivity contribution in [1.29, 1.82) is 0 Å². The molecular formula is C13H18N2O3. The molecule has 0 amide bonds. The minimum Gasteiger partial charge on any atom is -0.478 e. The molecule has 0 aliphatic carbocycles. The molecule has 2 heterocycles. The van der Waals surface area contributed by atoms with Gasteiger partial charge in [0.15, 0.2) is 0 Å². The van der Waals surface area contributed by atoms with E-state index in [4.69, 9.17) is 9.84 Å². The zero-order valence-electron chi connectivity index (χ0n) is 10.7. The van der Waals surface area contributed by atoms with Gasteiger partial charge in [0.05, 0.1) is 17.9 Å². The van der Waals surface area contributed by atoms with E-state index in [-0.39, 0.29) is 17.4 Å². The number of nitrogens with zero attached hydrogens (tertiary/aromatic N) is 2. The van der Waals surface area contributed by atoms with Crippen molar-refractivity contribution in [2.75, 3.05) is 13.2 Å². The standard InChI is InChI=1S/C13H18N2O3/c1-8(2)11-10(13(16)17)6-14-12(15-11)9-4-3-5-18-7-9/h6,8-9H,3-5,7H2,1-2H3,(H,16,17). The monoisotopic (exact) mass is 250 g/mol. The van der Waals surface area contributed by atoms with Crippen molar-refractivity contribution in [2.45, 2.75) is 38.5 Å². The largest absolute Gasteiger partial charge is 0.478 e. The number of aromatic carboxylic acids is 1. The Bertz CT molecular complexity index is 440. The van der Waals surface area contributed by atoms with Crippen LogP contribution in [0.2, 0.25) is 0 Å². The van der Waals surface area contributed by atoms with E-state index in [1.54, 1.807) is 0 Å². The fourth-order valence-electron chi connectivity index (χ4n) is 2.16. The molecule has 1 saturated heterocycles. The molecule has 1 aromatic heterocycles. The highest BCUT2D eigenvalue weighted by Crippen LogP contribution is 2.25. The lowest BCUT2D eigenvalue weighted by Crippen LogP contribution is -2.19. The first-order chi connectivity index (χ1) is 8.59. The molecule has 1 aliphatic heterocycles. The van der Waals surface area contributed by atoms with E-state index in [1.807, 2.05) is 13.8 Å². The summed E-state index contributed by atoms with van der Waals surface area (Å²) in [4.78, 5) is 19.7. The maximum absolute atomic E-state index is 11.1. The van der Waals surface area contributed by atoms with E-state index in [0.717, 1.165) is 19.4 Å². The van der Waals surface area contributed by atoms with Crippen molar-refractivity contribution in [1.82, 2.24) is 9.97 Å². The number of ether oxygens (including phenoxy) is 1. The molecule has 0 radical (unpaired) electrons. The number of hydrogen-bond acceptors (Lipinski definition) is 4. The third kappa shape index (κ3) is 2.67. The molecule has 5 nitrogen and oxygen atoms in total. The van der Waals surface area contributed by atoms with Gasteiger partial charge in [0.2, 0.25) is 0 Å². The first kappa shape index (κ1) is 13.0. The summed E-state index contributed by atoms with van der Waals surface area (Å²) in [5.41, 5.74) is 0.809. The summed E-state index contributed by atoms with van der Waals surface area (Å²) in [6.07, 6.45) is 3.43. The van der Waals surface area contributed by atoms with Crippen molar-refractivity contribution >= 4 is 5.97 Å². The highest BCUT2D eigenvalue weighted by Gasteiger charge is 2.22. The lowest BCUT2D eigenvalue weighted by molar-refractivity contribution is 0.0693. The Balaban J connectivity index is 2.33.